The highest BCUT2D eigenvalue weighted by molar-refractivity contribution is 5.87. The number of fused-ring (bicyclic) bond motifs is 2. The number of aromatic nitrogens is 2. The predicted molar refractivity (Wildman–Crippen MR) is 279 cm³/mol. The van der Waals surface area contributed by atoms with Crippen molar-refractivity contribution in [1.82, 2.24) is 41.3 Å². The number of halogens is 2. The third-order valence-corrected chi connectivity index (χ3v) is 13.8. The molecule has 7 rings (SSSR count). The van der Waals surface area contributed by atoms with E-state index in [2.05, 4.69) is 48.0 Å². The molecule has 5 amide bonds. The lowest BCUT2D eigenvalue weighted by Gasteiger charge is -2.42. The van der Waals surface area contributed by atoms with Crippen molar-refractivity contribution in [3.8, 4) is 23.1 Å². The van der Waals surface area contributed by atoms with Gasteiger partial charge in [0.25, 0.3) is 11.8 Å². The lowest BCUT2D eigenvalue weighted by atomic mass is 9.85. The average molecular weight is 1050 g/mol. The fourth-order valence-electron chi connectivity index (χ4n) is 9.76. The molecule has 2 bridgehead atoms. The zero-order valence-corrected chi connectivity index (χ0v) is 44.3. The third-order valence-electron chi connectivity index (χ3n) is 13.8. The predicted octanol–water partition coefficient (Wildman–Crippen LogP) is 5.64. The van der Waals surface area contributed by atoms with Crippen molar-refractivity contribution >= 4 is 35.7 Å². The number of ether oxygens (including phenoxy) is 3. The van der Waals surface area contributed by atoms with E-state index in [-0.39, 0.29) is 36.1 Å². The number of anilines is 1. The number of carbonyl (C=O) groups is 5. The number of methoxy groups -OCH3 is 2. The molecule has 2 aromatic carbocycles. The molecule has 5 heterocycles. The van der Waals surface area contributed by atoms with Crippen LogP contribution in [0.25, 0.3) is 11.3 Å². The minimum atomic E-state index is -1.56. The largest absolute Gasteiger partial charge is 0.453 e. The first-order chi connectivity index (χ1) is 36.1. The van der Waals surface area contributed by atoms with E-state index in [1.165, 1.54) is 6.20 Å². The number of pyridine rings is 2. The summed E-state index contributed by atoms with van der Waals surface area (Å²) in [6, 6.07) is 14.9. The van der Waals surface area contributed by atoms with Gasteiger partial charge in [-0.2, -0.15) is 0 Å². The van der Waals surface area contributed by atoms with Crippen LogP contribution in [0.2, 0.25) is 0 Å². The molecule has 0 spiro atoms. The van der Waals surface area contributed by atoms with Gasteiger partial charge in [0, 0.05) is 79.5 Å². The molecule has 4 aromatic rings. The van der Waals surface area contributed by atoms with Gasteiger partial charge in [0.05, 0.1) is 32.1 Å². The topological polar surface area (TPSA) is 217 Å². The van der Waals surface area contributed by atoms with E-state index < -0.39 is 89.3 Å². The summed E-state index contributed by atoms with van der Waals surface area (Å²) in [5.41, 5.74) is 2.94. The highest BCUT2D eigenvalue weighted by Crippen LogP contribution is 2.34. The van der Waals surface area contributed by atoms with Gasteiger partial charge >= 0.3 is 12.2 Å². The Kier molecular flexibility index (Phi) is 18.3. The van der Waals surface area contributed by atoms with Gasteiger partial charge in [-0.15, -0.1) is 0 Å². The number of alkyl carbamates (subject to hydrolysis) is 2. The van der Waals surface area contributed by atoms with Crippen molar-refractivity contribution < 1.29 is 52.1 Å². The summed E-state index contributed by atoms with van der Waals surface area (Å²) in [4.78, 5) is 79.7. The van der Waals surface area contributed by atoms with E-state index in [1.54, 1.807) is 90.2 Å². The number of benzene rings is 2. The second-order valence-electron chi connectivity index (χ2n) is 21.6. The van der Waals surface area contributed by atoms with Crippen molar-refractivity contribution in [2.75, 3.05) is 45.4 Å². The highest BCUT2D eigenvalue weighted by Gasteiger charge is 2.45. The van der Waals surface area contributed by atoms with Gasteiger partial charge in [-0.05, 0) is 97.0 Å². The first kappa shape index (κ1) is 56.5. The van der Waals surface area contributed by atoms with Crippen LogP contribution in [0.4, 0.5) is 24.2 Å². The molecule has 3 saturated heterocycles. The summed E-state index contributed by atoms with van der Waals surface area (Å²) in [6.07, 6.45) is 3.15. The van der Waals surface area contributed by atoms with Gasteiger partial charge in [0.2, 0.25) is 5.91 Å². The zero-order chi connectivity index (χ0) is 54.9. The fraction of sp³-hybridized carbons (Fsp3) is 0.482. The lowest BCUT2D eigenvalue weighted by Crippen LogP contribution is -2.61. The molecule has 406 valence electrons. The SMILES string of the molecule is COC(=O)N[C@H](C(=O)N[C@@H](Cc1ccc(C#Cc2ccc(N3CC4CCC(C3)N4C(=O)[C@@H]3CCCO3)nc2)cc1)[C@@H](O)CN(Cc1c(F)cc(-c2ccccn2)cc1F)NC(=O)[C@@H](NC(=O)OC)C(C)(C)C)C(C)(C)C. The molecule has 2 unspecified atom stereocenters. The number of piperazine rings is 1. The number of carbonyl (C=O) groups excluding carboxylic acids is 5. The van der Waals surface area contributed by atoms with E-state index in [0.717, 1.165) is 62.9 Å². The van der Waals surface area contributed by atoms with Crippen molar-refractivity contribution in [3.63, 3.8) is 0 Å². The van der Waals surface area contributed by atoms with Crippen molar-refractivity contribution in [2.24, 2.45) is 10.8 Å². The van der Waals surface area contributed by atoms with Gasteiger partial charge in [-0.3, -0.25) is 24.8 Å². The Morgan fingerprint density at radius 3 is 1.95 bits per heavy atom. The van der Waals surface area contributed by atoms with Crippen LogP contribution < -0.4 is 26.3 Å². The minimum absolute atomic E-state index is 0.00261. The van der Waals surface area contributed by atoms with Crippen LogP contribution in [0.15, 0.2) is 79.1 Å². The Hall–Kier alpha value is -7.21. The number of nitrogens with zero attached hydrogens (tertiary/aromatic N) is 5. The maximum atomic E-state index is 16.0. The third kappa shape index (κ3) is 14.4. The van der Waals surface area contributed by atoms with E-state index in [0.29, 0.717) is 42.1 Å². The van der Waals surface area contributed by atoms with Gasteiger partial charge in [-0.25, -0.2) is 28.4 Å². The average Bonchev–Trinajstić information content (AvgIpc) is 4.04. The van der Waals surface area contributed by atoms with Crippen LogP contribution >= 0.6 is 0 Å². The van der Waals surface area contributed by atoms with Crippen LogP contribution in [0.3, 0.4) is 0 Å². The Morgan fingerprint density at radius 1 is 0.803 bits per heavy atom. The Balaban J connectivity index is 1.11. The van der Waals surface area contributed by atoms with Crippen molar-refractivity contribution in [3.05, 3.63) is 113 Å². The molecule has 3 aliphatic heterocycles. The number of hydrogen-bond acceptors (Lipinski definition) is 13. The maximum Gasteiger partial charge on any atom is 0.407 e. The number of aliphatic hydroxyl groups excluding tert-OH is 1. The van der Waals surface area contributed by atoms with Gasteiger partial charge in [0.15, 0.2) is 0 Å². The Labute approximate surface area is 442 Å². The molecule has 2 aromatic heterocycles. The van der Waals surface area contributed by atoms with Crippen LogP contribution in [0, 0.1) is 34.3 Å². The van der Waals surface area contributed by atoms with E-state index in [4.69, 9.17) is 19.2 Å². The molecular formula is C56H69F2N9O9. The highest BCUT2D eigenvalue weighted by atomic mass is 19.1. The smallest absolute Gasteiger partial charge is 0.407 e. The summed E-state index contributed by atoms with van der Waals surface area (Å²) in [5, 5.41) is 21.3. The fourth-order valence-corrected chi connectivity index (χ4v) is 9.76. The van der Waals surface area contributed by atoms with Gasteiger partial charge < -0.3 is 45.1 Å². The zero-order valence-electron chi connectivity index (χ0n) is 44.3. The van der Waals surface area contributed by atoms with E-state index >= 15 is 8.78 Å². The summed E-state index contributed by atoms with van der Waals surface area (Å²) >= 11 is 0. The molecule has 76 heavy (non-hydrogen) atoms. The molecular weight excluding hydrogens is 981 g/mol. The Morgan fingerprint density at radius 2 is 1.41 bits per heavy atom. The first-order valence-corrected chi connectivity index (χ1v) is 25.5. The second kappa shape index (κ2) is 24.6. The number of rotatable bonds is 16. The summed E-state index contributed by atoms with van der Waals surface area (Å²) < 4.78 is 47.4. The standard InChI is InChI=1S/C56H69F2N9O9/c1-55(2,3)48(62-53(72)74-7)50(69)61-44(45(68)33-66(64-51(70)49(56(4,5)6)63-54(73)75-8)32-40-41(57)27-37(28-42(40)58)43-12-9-10-24-59-43)26-35-17-14-34(15-18-35)16-19-36-20-23-47(60-29-36)65-30-38-21-22-39(31-65)67(38)52(71)46-13-11-25-76-46/h9-10,12,14-15,17-18,20,23-24,27-29,38-39,44-46,48-49,68H,11,13,21-22,25-26,30-33H2,1-8H3,(H,61,69)(H,62,72)(H,63,73)(H,64,70)/t38?,39?,44-,45-,46-,48+,49+/m0/s1. The first-order valence-electron chi connectivity index (χ1n) is 25.5. The van der Waals surface area contributed by atoms with E-state index in [1.807, 2.05) is 12.1 Å². The van der Waals surface area contributed by atoms with Gasteiger partial charge in [-0.1, -0.05) is 71.6 Å². The molecule has 3 fully saturated rings. The number of nitrogens with one attached hydrogen (secondary N) is 4. The van der Waals surface area contributed by atoms with E-state index in [9.17, 15) is 29.1 Å². The molecule has 20 heteroatoms. The quantitative estimate of drug-likeness (QED) is 0.0679. The van der Waals surface area contributed by atoms with Gasteiger partial charge in [0.1, 0.15) is 35.6 Å². The van der Waals surface area contributed by atoms with Crippen molar-refractivity contribution in [1.29, 1.82) is 0 Å². The minimum Gasteiger partial charge on any atom is -0.453 e. The van der Waals surface area contributed by atoms with Crippen LogP contribution in [-0.2, 0) is 41.6 Å². The number of hydrazine groups is 1. The molecule has 5 N–H and O–H groups in total. The monoisotopic (exact) mass is 1050 g/mol. The van der Waals surface area contributed by atoms with Crippen LogP contribution in [0.1, 0.15) is 89.5 Å². The molecule has 0 saturated carbocycles. The lowest BCUT2D eigenvalue weighted by molar-refractivity contribution is -0.144. The maximum absolute atomic E-state index is 16.0. The molecule has 18 nitrogen and oxygen atoms in total. The number of hydrogen-bond donors (Lipinski definition) is 5. The van der Waals surface area contributed by atoms with Crippen LogP contribution in [0.5, 0.6) is 0 Å². The molecule has 0 aliphatic carbocycles. The second-order valence-corrected chi connectivity index (χ2v) is 21.6. The summed E-state index contributed by atoms with van der Waals surface area (Å²) in [5.74, 6) is 3.88. The Bertz CT molecular complexity index is 2720. The van der Waals surface area contributed by atoms with Crippen LogP contribution in [-0.4, -0.2) is 138 Å². The number of amides is 5. The number of aliphatic hydroxyl groups is 1. The normalized spacial score (nSPS) is 18.9. The molecule has 3 aliphatic rings. The molecule has 7 atom stereocenters. The van der Waals surface area contributed by atoms with Crippen molar-refractivity contribution in [2.45, 2.75) is 123 Å². The summed E-state index contributed by atoms with van der Waals surface area (Å²) in [7, 11) is 2.30. The summed E-state index contributed by atoms with van der Waals surface area (Å²) in [6.45, 7) is 11.2. The molecule has 0 radical (unpaired) electrons.